The first-order valence-electron chi connectivity index (χ1n) is 5.38. The van der Waals surface area contributed by atoms with Crippen molar-refractivity contribution in [2.45, 2.75) is 0 Å². The number of benzene rings is 1. The van der Waals surface area contributed by atoms with E-state index in [1.54, 1.807) is 18.2 Å². The number of carbonyl (C=O) groups is 1. The molecule has 0 saturated heterocycles. The molecule has 2 rings (SSSR count). The van der Waals surface area contributed by atoms with Gasteiger partial charge in [-0.2, -0.15) is 0 Å². The third-order valence-electron chi connectivity index (χ3n) is 2.42. The Balaban J connectivity index is 2.04. The first-order chi connectivity index (χ1) is 9.50. The first kappa shape index (κ1) is 14.3. The predicted octanol–water partition coefficient (Wildman–Crippen LogP) is 2.01. The Morgan fingerprint density at radius 2 is 2.15 bits per heavy atom. The number of ketones is 1. The van der Waals surface area contributed by atoms with Gasteiger partial charge in [-0.3, -0.25) is 10.2 Å². The molecule has 104 valence electrons. The maximum Gasteiger partial charge on any atom is 0.201 e. The molecule has 1 aromatic carbocycles. The van der Waals surface area contributed by atoms with Gasteiger partial charge in [0.05, 0.1) is 22.3 Å². The molecule has 7 nitrogen and oxygen atoms in total. The van der Waals surface area contributed by atoms with Gasteiger partial charge in [0, 0.05) is 0 Å². The van der Waals surface area contributed by atoms with Crippen molar-refractivity contribution in [1.82, 2.24) is 10.3 Å². The number of carbonyl (C=O) groups excluding carboxylic acids is 1. The highest BCUT2D eigenvalue weighted by Crippen LogP contribution is 2.29. The predicted molar refractivity (Wildman–Crippen MR) is 75.5 cm³/mol. The normalized spacial score (nSPS) is 10.3. The van der Waals surface area contributed by atoms with Crippen LogP contribution in [0.15, 0.2) is 22.8 Å². The fraction of sp³-hybridized carbons (Fsp3) is 0.0909. The van der Waals surface area contributed by atoms with Crippen molar-refractivity contribution < 1.29 is 9.42 Å². The minimum absolute atomic E-state index is 0.0889. The van der Waals surface area contributed by atoms with Crippen molar-refractivity contribution >= 4 is 46.2 Å². The molecule has 0 fully saturated rings. The summed E-state index contributed by atoms with van der Waals surface area (Å²) in [5.74, 6) is -0.646. The largest absolute Gasteiger partial charge is 0.379 e. The summed E-state index contributed by atoms with van der Waals surface area (Å²) in [6.45, 7) is -0.162. The number of aromatic nitrogens is 2. The van der Waals surface area contributed by atoms with E-state index in [2.05, 4.69) is 20.3 Å². The molecule has 0 aliphatic heterocycles. The maximum absolute atomic E-state index is 11.8. The van der Waals surface area contributed by atoms with Crippen LogP contribution >= 0.6 is 23.2 Å². The highest BCUT2D eigenvalue weighted by molar-refractivity contribution is 6.46. The molecule has 0 bridgehead atoms. The van der Waals surface area contributed by atoms with Gasteiger partial charge in [-0.05, 0) is 22.4 Å². The molecule has 0 amide bonds. The molecule has 0 spiro atoms. The number of nitrogens with two attached hydrogens (primary N) is 1. The van der Waals surface area contributed by atoms with E-state index in [-0.39, 0.29) is 18.1 Å². The van der Waals surface area contributed by atoms with Crippen LogP contribution in [-0.4, -0.2) is 28.4 Å². The number of hydrogen-bond acceptors (Lipinski definition) is 7. The third-order valence-corrected chi connectivity index (χ3v) is 3.24. The molecule has 20 heavy (non-hydrogen) atoms. The van der Waals surface area contributed by atoms with Crippen molar-refractivity contribution in [3.63, 3.8) is 0 Å². The van der Waals surface area contributed by atoms with Crippen LogP contribution in [-0.2, 0) is 4.79 Å². The van der Waals surface area contributed by atoms with Gasteiger partial charge in [0.2, 0.25) is 5.78 Å². The number of anilines is 2. The summed E-state index contributed by atoms with van der Waals surface area (Å²) in [6.07, 6.45) is 0. The second-order valence-corrected chi connectivity index (χ2v) is 4.54. The Labute approximate surface area is 123 Å². The number of nitrogen functional groups attached to an aromatic ring is 1. The highest BCUT2D eigenvalue weighted by atomic mass is 35.5. The van der Waals surface area contributed by atoms with Gasteiger partial charge in [-0.15, -0.1) is 0 Å². The van der Waals surface area contributed by atoms with Crippen LogP contribution in [0.3, 0.4) is 0 Å². The topological polar surface area (TPSA) is 118 Å². The van der Waals surface area contributed by atoms with E-state index in [0.717, 1.165) is 0 Å². The fourth-order valence-electron chi connectivity index (χ4n) is 1.41. The summed E-state index contributed by atoms with van der Waals surface area (Å²) in [6, 6.07) is 4.98. The lowest BCUT2D eigenvalue weighted by Gasteiger charge is -2.08. The number of nitrogens with zero attached hydrogens (tertiary/aromatic N) is 2. The lowest BCUT2D eigenvalue weighted by molar-refractivity contribution is -0.111. The number of rotatable bonds is 5. The first-order valence-corrected chi connectivity index (χ1v) is 6.14. The summed E-state index contributed by atoms with van der Waals surface area (Å²) < 4.78 is 4.34. The Kier molecular flexibility index (Phi) is 4.21. The monoisotopic (exact) mass is 313 g/mol. The van der Waals surface area contributed by atoms with Crippen LogP contribution < -0.4 is 11.1 Å². The number of Topliss-reactive ketones (excluding diaryl/α,β-unsaturated/α-hetero) is 1. The van der Waals surface area contributed by atoms with E-state index < -0.39 is 11.5 Å². The zero-order chi connectivity index (χ0) is 14.7. The fourth-order valence-corrected chi connectivity index (χ4v) is 1.77. The number of nitrogens with one attached hydrogen (secondary N) is 2. The van der Waals surface area contributed by atoms with Crippen LogP contribution in [0.1, 0.15) is 5.69 Å². The van der Waals surface area contributed by atoms with E-state index in [0.29, 0.717) is 15.7 Å². The summed E-state index contributed by atoms with van der Waals surface area (Å²) in [7, 11) is 0. The summed E-state index contributed by atoms with van der Waals surface area (Å²) in [5.41, 5.74) is 5.42. The minimum atomic E-state index is -0.538. The van der Waals surface area contributed by atoms with Crippen molar-refractivity contribution in [3.8, 4) is 0 Å². The number of hydrogen-bond donors (Lipinski definition) is 3. The van der Waals surface area contributed by atoms with Crippen LogP contribution in [0, 0.1) is 5.41 Å². The van der Waals surface area contributed by atoms with Gasteiger partial charge in [-0.1, -0.05) is 29.3 Å². The van der Waals surface area contributed by atoms with Crippen LogP contribution in [0.4, 0.5) is 11.5 Å². The molecule has 0 unspecified atom stereocenters. The van der Waals surface area contributed by atoms with E-state index >= 15 is 0 Å². The molecular weight excluding hydrogens is 305 g/mol. The van der Waals surface area contributed by atoms with Gasteiger partial charge >= 0.3 is 0 Å². The third kappa shape index (κ3) is 2.89. The second kappa shape index (κ2) is 5.89. The lowest BCUT2D eigenvalue weighted by Crippen LogP contribution is -2.24. The molecule has 0 saturated carbocycles. The lowest BCUT2D eigenvalue weighted by atomic mass is 10.2. The van der Waals surface area contributed by atoms with Gasteiger partial charge in [-0.25, -0.2) is 4.63 Å². The smallest absolute Gasteiger partial charge is 0.201 e. The molecule has 1 aromatic heterocycles. The molecule has 4 N–H and O–H groups in total. The molecule has 0 atom stereocenters. The van der Waals surface area contributed by atoms with E-state index in [9.17, 15) is 4.79 Å². The van der Waals surface area contributed by atoms with Crippen LogP contribution in [0.2, 0.25) is 10.0 Å². The van der Waals surface area contributed by atoms with Gasteiger partial charge in [0.1, 0.15) is 5.71 Å². The average Bonchev–Trinajstić information content (AvgIpc) is 2.85. The van der Waals surface area contributed by atoms with Crippen molar-refractivity contribution in [1.29, 1.82) is 5.41 Å². The van der Waals surface area contributed by atoms with Crippen molar-refractivity contribution in [2.24, 2.45) is 0 Å². The Hall–Kier alpha value is -2.12. The summed E-state index contributed by atoms with van der Waals surface area (Å²) >= 11 is 11.8. The number of halogens is 2. The van der Waals surface area contributed by atoms with Crippen LogP contribution in [0.5, 0.6) is 0 Å². The highest BCUT2D eigenvalue weighted by Gasteiger charge is 2.19. The zero-order valence-electron chi connectivity index (χ0n) is 9.98. The molecule has 0 aliphatic rings. The van der Waals surface area contributed by atoms with E-state index in [4.69, 9.17) is 34.3 Å². The van der Waals surface area contributed by atoms with Gasteiger partial charge in [0.15, 0.2) is 11.5 Å². The molecular formula is C11H9Cl2N5O2. The summed E-state index contributed by atoms with van der Waals surface area (Å²) in [4.78, 5) is 11.8. The second-order valence-electron chi connectivity index (χ2n) is 3.75. The van der Waals surface area contributed by atoms with Gasteiger partial charge in [0.25, 0.3) is 0 Å². The molecule has 2 aromatic rings. The van der Waals surface area contributed by atoms with Gasteiger partial charge < -0.3 is 11.1 Å². The zero-order valence-corrected chi connectivity index (χ0v) is 11.5. The molecule has 9 heteroatoms. The van der Waals surface area contributed by atoms with Crippen molar-refractivity contribution in [2.75, 3.05) is 17.6 Å². The SMILES string of the molecule is N=C(C(=O)CNc1cccc(Cl)c1Cl)c1nonc1N. The minimum Gasteiger partial charge on any atom is -0.379 e. The van der Waals surface area contributed by atoms with Crippen LogP contribution in [0.25, 0.3) is 0 Å². The Morgan fingerprint density at radius 1 is 1.40 bits per heavy atom. The maximum atomic E-state index is 11.8. The molecule has 1 heterocycles. The quantitative estimate of drug-likeness (QED) is 0.727. The molecule has 0 radical (unpaired) electrons. The van der Waals surface area contributed by atoms with E-state index in [1.807, 2.05) is 0 Å². The average molecular weight is 314 g/mol. The Bertz CT molecular complexity index is 671. The molecule has 0 aliphatic carbocycles. The summed E-state index contributed by atoms with van der Waals surface area (Å²) in [5, 5.41) is 17.8. The van der Waals surface area contributed by atoms with E-state index in [1.165, 1.54) is 0 Å². The standard InChI is InChI=1S/C11H9Cl2N5O2/c12-5-2-1-3-6(8(5)13)16-4-7(19)9(14)10-11(15)18-20-17-10/h1-3,14,16H,4H2,(H2,15,18). The van der Waals surface area contributed by atoms with Crippen molar-refractivity contribution in [3.05, 3.63) is 33.9 Å². The Morgan fingerprint density at radius 3 is 2.80 bits per heavy atom.